The molecule has 0 bridgehead atoms. The SMILES string of the molecule is CC(C)OC(=O)OCOP(O)CO. The zero-order valence-electron chi connectivity index (χ0n) is 7.47. The molecule has 0 saturated carbocycles. The normalized spacial score (nSPS) is 12.7. The van der Waals surface area contributed by atoms with E-state index in [4.69, 9.17) is 10.00 Å². The van der Waals surface area contributed by atoms with Crippen molar-refractivity contribution in [2.24, 2.45) is 0 Å². The van der Waals surface area contributed by atoms with E-state index in [1.807, 2.05) is 0 Å². The Kier molecular flexibility index (Phi) is 6.80. The topological polar surface area (TPSA) is 85.2 Å². The molecule has 0 aromatic carbocycles. The maximum atomic E-state index is 10.7. The van der Waals surface area contributed by atoms with Crippen LogP contribution >= 0.6 is 8.38 Å². The molecule has 0 radical (unpaired) electrons. The summed E-state index contributed by atoms with van der Waals surface area (Å²) < 4.78 is 13.5. The monoisotopic (exact) mass is 212 g/mol. The first-order valence-corrected chi connectivity index (χ1v) is 4.99. The molecule has 0 aromatic rings. The third kappa shape index (κ3) is 7.93. The molecule has 13 heavy (non-hydrogen) atoms. The van der Waals surface area contributed by atoms with Gasteiger partial charge in [0.25, 0.3) is 0 Å². The zero-order chi connectivity index (χ0) is 10.3. The molecule has 78 valence electrons. The van der Waals surface area contributed by atoms with E-state index in [1.165, 1.54) is 0 Å². The van der Waals surface area contributed by atoms with Gasteiger partial charge in [-0.3, -0.25) is 4.52 Å². The van der Waals surface area contributed by atoms with Crippen LogP contribution < -0.4 is 0 Å². The van der Waals surface area contributed by atoms with Gasteiger partial charge in [0.1, 0.15) is 6.35 Å². The molecule has 7 heteroatoms. The number of rotatable bonds is 5. The lowest BCUT2D eigenvalue weighted by atomic mass is 10.5. The number of hydrogen-bond donors (Lipinski definition) is 2. The highest BCUT2D eigenvalue weighted by Crippen LogP contribution is 2.28. The summed E-state index contributed by atoms with van der Waals surface area (Å²) in [7, 11) is -1.91. The summed E-state index contributed by atoms with van der Waals surface area (Å²) in [6.07, 6.45) is -1.62. The molecule has 0 aliphatic rings. The second-order valence-corrected chi connectivity index (χ2v) is 3.55. The molecule has 6 nitrogen and oxygen atoms in total. The minimum Gasteiger partial charge on any atom is -0.432 e. The van der Waals surface area contributed by atoms with Gasteiger partial charge in [-0.05, 0) is 13.8 Å². The molecule has 0 rings (SSSR count). The molecule has 0 aliphatic heterocycles. The maximum Gasteiger partial charge on any atom is 0.510 e. The van der Waals surface area contributed by atoms with E-state index in [0.717, 1.165) is 0 Å². The molecular weight excluding hydrogens is 199 g/mol. The Morgan fingerprint density at radius 2 is 2.15 bits per heavy atom. The first-order valence-electron chi connectivity index (χ1n) is 3.60. The van der Waals surface area contributed by atoms with Crippen LogP contribution in [0.4, 0.5) is 4.79 Å². The molecular formula is C6H13O6P. The van der Waals surface area contributed by atoms with E-state index < -0.39 is 27.7 Å². The van der Waals surface area contributed by atoms with Crippen LogP contribution in [-0.2, 0) is 14.0 Å². The number of carbonyl (C=O) groups excluding carboxylic acids is 1. The highest BCUT2D eigenvalue weighted by molar-refractivity contribution is 7.45. The summed E-state index contributed by atoms with van der Waals surface area (Å²) in [5.41, 5.74) is 0. The zero-order valence-corrected chi connectivity index (χ0v) is 8.36. The molecule has 0 spiro atoms. The van der Waals surface area contributed by atoms with Crippen molar-refractivity contribution in [1.82, 2.24) is 0 Å². The average molecular weight is 212 g/mol. The molecule has 0 heterocycles. The van der Waals surface area contributed by atoms with Gasteiger partial charge in [-0.1, -0.05) is 0 Å². The second kappa shape index (κ2) is 7.03. The van der Waals surface area contributed by atoms with E-state index in [0.29, 0.717) is 0 Å². The Morgan fingerprint density at radius 3 is 2.62 bits per heavy atom. The molecule has 0 fully saturated rings. The first-order chi connectivity index (χ1) is 6.06. The quantitative estimate of drug-likeness (QED) is 0.398. The van der Waals surface area contributed by atoms with Gasteiger partial charge in [0, 0.05) is 0 Å². The van der Waals surface area contributed by atoms with Gasteiger partial charge in [-0.2, -0.15) is 0 Å². The predicted molar refractivity (Wildman–Crippen MR) is 44.9 cm³/mol. The Labute approximate surface area is 77.3 Å². The highest BCUT2D eigenvalue weighted by Gasteiger charge is 2.08. The number of aliphatic hydroxyl groups is 1. The summed E-state index contributed by atoms with van der Waals surface area (Å²) in [5, 5.41) is 8.33. The summed E-state index contributed by atoms with van der Waals surface area (Å²) >= 11 is 0. The third-order valence-corrected chi connectivity index (χ3v) is 1.48. The lowest BCUT2D eigenvalue weighted by Crippen LogP contribution is -2.14. The van der Waals surface area contributed by atoms with Crippen molar-refractivity contribution in [1.29, 1.82) is 0 Å². The standard InChI is InChI=1S/C6H13O6P/c1-5(2)12-6(8)10-4-11-13(9)3-7/h5,7,9H,3-4H2,1-2H3. The van der Waals surface area contributed by atoms with Crippen molar-refractivity contribution in [2.45, 2.75) is 20.0 Å². The van der Waals surface area contributed by atoms with Crippen LogP contribution in [0.1, 0.15) is 13.8 Å². The third-order valence-electron chi connectivity index (χ3n) is 0.831. The number of ether oxygens (including phenoxy) is 2. The molecule has 2 N–H and O–H groups in total. The van der Waals surface area contributed by atoms with Crippen molar-refractivity contribution in [3.05, 3.63) is 0 Å². The number of carbonyl (C=O) groups is 1. The van der Waals surface area contributed by atoms with Crippen LogP contribution in [0.25, 0.3) is 0 Å². The van der Waals surface area contributed by atoms with Gasteiger partial charge >= 0.3 is 6.16 Å². The van der Waals surface area contributed by atoms with Crippen LogP contribution in [0, 0.1) is 0 Å². The van der Waals surface area contributed by atoms with Gasteiger partial charge in [0.2, 0.25) is 6.79 Å². The minimum absolute atomic E-state index is 0.263. The van der Waals surface area contributed by atoms with Crippen LogP contribution in [0.5, 0.6) is 0 Å². The lowest BCUT2D eigenvalue weighted by molar-refractivity contribution is -0.00834. The first kappa shape index (κ1) is 12.6. The van der Waals surface area contributed by atoms with Gasteiger partial charge < -0.3 is 19.5 Å². The minimum atomic E-state index is -1.91. The van der Waals surface area contributed by atoms with Gasteiger partial charge in [-0.15, -0.1) is 0 Å². The van der Waals surface area contributed by atoms with Crippen molar-refractivity contribution < 1.29 is 28.8 Å². The fourth-order valence-electron chi connectivity index (χ4n) is 0.403. The Balaban J connectivity index is 3.37. The molecule has 0 amide bonds. The number of hydrogen-bond acceptors (Lipinski definition) is 6. The second-order valence-electron chi connectivity index (χ2n) is 2.30. The van der Waals surface area contributed by atoms with Crippen molar-refractivity contribution in [3.8, 4) is 0 Å². The van der Waals surface area contributed by atoms with E-state index in [2.05, 4.69) is 14.0 Å². The van der Waals surface area contributed by atoms with Gasteiger partial charge in [0.15, 0.2) is 8.38 Å². The Bertz CT molecular complexity index is 150. The van der Waals surface area contributed by atoms with Crippen molar-refractivity contribution in [3.63, 3.8) is 0 Å². The smallest absolute Gasteiger partial charge is 0.432 e. The Morgan fingerprint density at radius 1 is 1.54 bits per heavy atom. The van der Waals surface area contributed by atoms with E-state index in [-0.39, 0.29) is 6.10 Å². The molecule has 0 aromatic heterocycles. The predicted octanol–water partition coefficient (Wildman–Crippen LogP) is 0.776. The molecule has 1 unspecified atom stereocenters. The number of aliphatic hydroxyl groups excluding tert-OH is 1. The van der Waals surface area contributed by atoms with Crippen LogP contribution in [-0.4, -0.2) is 35.4 Å². The van der Waals surface area contributed by atoms with Crippen LogP contribution in [0.3, 0.4) is 0 Å². The van der Waals surface area contributed by atoms with Crippen molar-refractivity contribution in [2.75, 3.05) is 13.1 Å². The van der Waals surface area contributed by atoms with Crippen LogP contribution in [0.2, 0.25) is 0 Å². The molecule has 0 aliphatic carbocycles. The summed E-state index contributed by atoms with van der Waals surface area (Å²) in [6.45, 7) is 2.93. The van der Waals surface area contributed by atoms with Gasteiger partial charge in [-0.25, -0.2) is 4.79 Å². The molecule has 1 atom stereocenters. The fraction of sp³-hybridized carbons (Fsp3) is 0.833. The van der Waals surface area contributed by atoms with Crippen molar-refractivity contribution >= 4 is 14.5 Å². The molecule has 0 saturated heterocycles. The Hall–Kier alpha value is -0.420. The lowest BCUT2D eigenvalue weighted by Gasteiger charge is -2.10. The van der Waals surface area contributed by atoms with E-state index >= 15 is 0 Å². The van der Waals surface area contributed by atoms with E-state index in [1.54, 1.807) is 13.8 Å². The van der Waals surface area contributed by atoms with Gasteiger partial charge in [0.05, 0.1) is 6.10 Å². The maximum absolute atomic E-state index is 10.7. The van der Waals surface area contributed by atoms with E-state index in [9.17, 15) is 4.79 Å². The summed E-state index contributed by atoms with van der Waals surface area (Å²) in [5.74, 6) is 0. The summed E-state index contributed by atoms with van der Waals surface area (Å²) in [4.78, 5) is 19.4. The highest BCUT2D eigenvalue weighted by atomic mass is 31.2. The van der Waals surface area contributed by atoms with Crippen LogP contribution in [0.15, 0.2) is 0 Å². The largest absolute Gasteiger partial charge is 0.510 e. The fourth-order valence-corrected chi connectivity index (χ4v) is 0.659. The summed E-state index contributed by atoms with van der Waals surface area (Å²) in [6, 6.07) is 0. The average Bonchev–Trinajstić information content (AvgIpc) is 2.02.